The molecule has 5 heteroatoms. The summed E-state index contributed by atoms with van der Waals surface area (Å²) in [6.07, 6.45) is 0.779. The van der Waals surface area contributed by atoms with Crippen LogP contribution in [0.3, 0.4) is 0 Å². The van der Waals surface area contributed by atoms with Crippen molar-refractivity contribution in [3.63, 3.8) is 0 Å². The van der Waals surface area contributed by atoms with Crippen LogP contribution >= 0.6 is 8.25 Å². The molecule has 0 heterocycles. The second kappa shape index (κ2) is 7.64. The molecule has 0 fully saturated rings. The molecule has 0 rings (SSSR count). The van der Waals surface area contributed by atoms with Gasteiger partial charge >= 0.3 is 8.25 Å². The van der Waals surface area contributed by atoms with E-state index in [9.17, 15) is 4.57 Å². The number of hydrogen-bond acceptors (Lipinski definition) is 2. The van der Waals surface area contributed by atoms with Gasteiger partial charge in [-0.3, -0.25) is 0 Å². The van der Waals surface area contributed by atoms with Crippen LogP contribution in [-0.2, 0) is 28.6 Å². The standard InChI is InChI=1S/C3H7O3P.Zn/c1-2-3-6-7(4)5;/h2-3H2,1H3;/p+1. The Morgan fingerprint density at radius 3 is 2.38 bits per heavy atom. The van der Waals surface area contributed by atoms with Crippen LogP contribution in [0.4, 0.5) is 0 Å². The molecule has 0 saturated carbocycles. The summed E-state index contributed by atoms with van der Waals surface area (Å²) in [6.45, 7) is 2.24. The Balaban J connectivity index is 0. The van der Waals surface area contributed by atoms with Crippen LogP contribution in [0.5, 0.6) is 0 Å². The summed E-state index contributed by atoms with van der Waals surface area (Å²) in [5, 5.41) is 0. The molecule has 0 radical (unpaired) electrons. The van der Waals surface area contributed by atoms with Crippen LogP contribution < -0.4 is 0 Å². The zero-order chi connectivity index (χ0) is 5.70. The molecule has 0 amide bonds. The normalized spacial score (nSPS) is 10.0. The zero-order valence-electron chi connectivity index (χ0n) is 4.83. The molecule has 0 aliphatic heterocycles. The van der Waals surface area contributed by atoms with Gasteiger partial charge in [0.2, 0.25) is 0 Å². The van der Waals surface area contributed by atoms with Crippen molar-refractivity contribution in [3.05, 3.63) is 0 Å². The topological polar surface area (TPSA) is 46.5 Å². The van der Waals surface area contributed by atoms with Gasteiger partial charge in [-0.15, -0.1) is 9.42 Å². The monoisotopic (exact) mass is 187 g/mol. The quantitative estimate of drug-likeness (QED) is 0.532. The van der Waals surface area contributed by atoms with Gasteiger partial charge in [0.1, 0.15) is 6.61 Å². The molecule has 0 saturated heterocycles. The first-order valence-corrected chi connectivity index (χ1v) is 3.19. The zero-order valence-corrected chi connectivity index (χ0v) is 8.69. The maximum absolute atomic E-state index is 9.68. The van der Waals surface area contributed by atoms with E-state index >= 15 is 0 Å². The second-order valence-corrected chi connectivity index (χ2v) is 1.80. The van der Waals surface area contributed by atoms with Crippen LogP contribution in [0.15, 0.2) is 0 Å². The Kier molecular flexibility index (Phi) is 10.9. The van der Waals surface area contributed by atoms with Gasteiger partial charge in [-0.05, 0) is 6.42 Å². The third-order valence-electron chi connectivity index (χ3n) is 0.406. The first-order valence-electron chi connectivity index (χ1n) is 2.06. The van der Waals surface area contributed by atoms with Crippen molar-refractivity contribution in [2.45, 2.75) is 13.3 Å². The van der Waals surface area contributed by atoms with E-state index in [1.807, 2.05) is 6.92 Å². The Morgan fingerprint density at radius 1 is 1.75 bits per heavy atom. The fourth-order valence-electron chi connectivity index (χ4n) is 0.169. The Hall–Kier alpha value is 0.643. The van der Waals surface area contributed by atoms with E-state index in [0.29, 0.717) is 6.61 Å². The van der Waals surface area contributed by atoms with E-state index in [0.717, 1.165) is 6.42 Å². The molecule has 1 unspecified atom stereocenters. The van der Waals surface area contributed by atoms with Crippen molar-refractivity contribution in [2.75, 3.05) is 6.61 Å². The fourth-order valence-corrected chi connectivity index (χ4v) is 0.508. The van der Waals surface area contributed by atoms with Crippen molar-refractivity contribution in [1.29, 1.82) is 0 Å². The number of rotatable bonds is 3. The van der Waals surface area contributed by atoms with Gasteiger partial charge in [-0.2, -0.15) is 0 Å². The largest absolute Gasteiger partial charge is 0.694 e. The van der Waals surface area contributed by atoms with E-state index in [-0.39, 0.29) is 19.5 Å². The Labute approximate surface area is 62.1 Å². The van der Waals surface area contributed by atoms with E-state index in [1.54, 1.807) is 0 Å². The van der Waals surface area contributed by atoms with E-state index in [1.165, 1.54) is 0 Å². The van der Waals surface area contributed by atoms with Gasteiger partial charge in [0, 0.05) is 24.0 Å². The molecular formula is C3H8O3PZn+. The first-order chi connectivity index (χ1) is 3.27. The third kappa shape index (κ3) is 9.81. The van der Waals surface area contributed by atoms with Crippen molar-refractivity contribution >= 4 is 8.25 Å². The Bertz CT molecular complexity index is 67.5. The molecule has 44 valence electrons. The van der Waals surface area contributed by atoms with Crippen molar-refractivity contribution in [1.82, 2.24) is 0 Å². The van der Waals surface area contributed by atoms with Crippen molar-refractivity contribution in [3.8, 4) is 0 Å². The molecule has 0 bridgehead atoms. The fraction of sp³-hybridized carbons (Fsp3) is 1.00. The second-order valence-electron chi connectivity index (χ2n) is 1.07. The molecule has 3 nitrogen and oxygen atoms in total. The van der Waals surface area contributed by atoms with Crippen molar-refractivity contribution in [2.24, 2.45) is 0 Å². The molecule has 0 aromatic carbocycles. The summed E-state index contributed by atoms with van der Waals surface area (Å²) in [7, 11) is -2.36. The van der Waals surface area contributed by atoms with E-state index < -0.39 is 8.25 Å². The molecule has 0 aromatic heterocycles. The smallest absolute Gasteiger partial charge is 0.133 e. The summed E-state index contributed by atoms with van der Waals surface area (Å²) < 4.78 is 13.9. The molecule has 0 spiro atoms. The van der Waals surface area contributed by atoms with E-state index in [4.69, 9.17) is 4.89 Å². The minimum Gasteiger partial charge on any atom is -0.133 e. The van der Waals surface area contributed by atoms with Crippen LogP contribution in [0.1, 0.15) is 13.3 Å². The molecular weight excluding hydrogens is 180 g/mol. The van der Waals surface area contributed by atoms with Gasteiger partial charge < -0.3 is 0 Å². The first kappa shape index (κ1) is 11.4. The maximum atomic E-state index is 9.68. The predicted octanol–water partition coefficient (Wildman–Crippen LogP) is 1.06. The van der Waals surface area contributed by atoms with Crippen LogP contribution in [-0.4, -0.2) is 11.5 Å². The summed E-state index contributed by atoms with van der Waals surface area (Å²) in [4.78, 5) is 7.97. The van der Waals surface area contributed by atoms with Gasteiger partial charge in [-0.1, -0.05) is 6.92 Å². The molecule has 0 aliphatic carbocycles. The summed E-state index contributed by atoms with van der Waals surface area (Å²) in [6, 6.07) is 0. The summed E-state index contributed by atoms with van der Waals surface area (Å²) in [5.41, 5.74) is 0. The molecule has 0 aromatic rings. The van der Waals surface area contributed by atoms with Crippen LogP contribution in [0.2, 0.25) is 0 Å². The predicted molar refractivity (Wildman–Crippen MR) is 26.1 cm³/mol. The van der Waals surface area contributed by atoms with Gasteiger partial charge in [-0.25, -0.2) is 0 Å². The number of hydrogen-bond donors (Lipinski definition) is 1. The minimum absolute atomic E-state index is 0. The van der Waals surface area contributed by atoms with Gasteiger partial charge in [0.25, 0.3) is 0 Å². The average molecular weight is 188 g/mol. The molecule has 0 aliphatic rings. The summed E-state index contributed by atoms with van der Waals surface area (Å²) in [5.74, 6) is 0. The van der Waals surface area contributed by atoms with E-state index in [2.05, 4.69) is 4.52 Å². The summed E-state index contributed by atoms with van der Waals surface area (Å²) >= 11 is 0. The maximum Gasteiger partial charge on any atom is 0.694 e. The molecule has 1 N–H and O–H groups in total. The minimum atomic E-state index is -2.36. The molecule has 8 heavy (non-hydrogen) atoms. The van der Waals surface area contributed by atoms with Crippen LogP contribution in [0, 0.1) is 0 Å². The SMILES string of the molecule is CCCO[P+](=O)O.[Zn]. The van der Waals surface area contributed by atoms with Gasteiger partial charge in [0.15, 0.2) is 0 Å². The van der Waals surface area contributed by atoms with Gasteiger partial charge in [0.05, 0.1) is 0 Å². The Morgan fingerprint density at radius 2 is 2.25 bits per heavy atom. The molecule has 1 atom stereocenters. The third-order valence-corrected chi connectivity index (χ3v) is 0.809. The van der Waals surface area contributed by atoms with Crippen LogP contribution in [0.25, 0.3) is 0 Å². The van der Waals surface area contributed by atoms with Crippen molar-refractivity contribution < 1.29 is 33.5 Å². The average Bonchev–Trinajstić information content (AvgIpc) is 1.61.